The van der Waals surface area contributed by atoms with Gasteiger partial charge in [0.25, 0.3) is 0 Å². The molecule has 132 valence electrons. The fourth-order valence-electron chi connectivity index (χ4n) is 4.25. The van der Waals surface area contributed by atoms with Gasteiger partial charge in [-0.1, -0.05) is 43.2 Å². The zero-order chi connectivity index (χ0) is 16.8. The lowest BCUT2D eigenvalue weighted by Gasteiger charge is -2.40. The molecule has 2 aliphatic rings. The zero-order valence-corrected chi connectivity index (χ0v) is 15.0. The number of carbonyl (C=O) groups is 1. The molecule has 2 fully saturated rings. The topological polar surface area (TPSA) is 35.6 Å². The quantitative estimate of drug-likeness (QED) is 0.871. The van der Waals surface area contributed by atoms with Crippen LogP contribution in [-0.2, 0) is 11.3 Å². The molecule has 4 heteroatoms. The van der Waals surface area contributed by atoms with Crippen LogP contribution in [0.5, 0.6) is 0 Å². The molecule has 1 amide bonds. The van der Waals surface area contributed by atoms with E-state index in [-0.39, 0.29) is 5.91 Å². The van der Waals surface area contributed by atoms with E-state index in [0.29, 0.717) is 5.41 Å². The molecule has 1 aromatic rings. The lowest BCUT2D eigenvalue weighted by atomic mass is 9.85. The van der Waals surface area contributed by atoms with Gasteiger partial charge in [0.05, 0.1) is 0 Å². The Kier molecular flexibility index (Phi) is 5.90. The number of piperazine rings is 1. The van der Waals surface area contributed by atoms with Crippen LogP contribution in [0.1, 0.15) is 38.2 Å². The van der Waals surface area contributed by atoms with Gasteiger partial charge in [-0.25, -0.2) is 0 Å². The van der Waals surface area contributed by atoms with Crippen LogP contribution in [0.25, 0.3) is 0 Å². The number of rotatable bonds is 6. The first-order valence-corrected chi connectivity index (χ1v) is 9.38. The van der Waals surface area contributed by atoms with Gasteiger partial charge in [-0.3, -0.25) is 9.69 Å². The average Bonchev–Trinajstić information content (AvgIpc) is 3.05. The third-order valence-corrected chi connectivity index (χ3v) is 5.65. The van der Waals surface area contributed by atoms with Crippen LogP contribution in [0.2, 0.25) is 0 Å². The molecule has 0 unspecified atom stereocenters. The third-order valence-electron chi connectivity index (χ3n) is 5.65. The van der Waals surface area contributed by atoms with E-state index >= 15 is 0 Å². The molecule has 4 nitrogen and oxygen atoms in total. The van der Waals surface area contributed by atoms with Crippen LogP contribution in [0, 0.1) is 5.41 Å². The molecule has 1 heterocycles. The highest BCUT2D eigenvalue weighted by Gasteiger charge is 2.36. The SMILES string of the molecule is CC(=O)NCC1(CN2CCN(Cc3ccccc3)CC2)CCCC1. The first-order valence-electron chi connectivity index (χ1n) is 9.38. The van der Waals surface area contributed by atoms with Crippen molar-refractivity contribution in [3.8, 4) is 0 Å². The summed E-state index contributed by atoms with van der Waals surface area (Å²) >= 11 is 0. The molecule has 1 N–H and O–H groups in total. The van der Waals surface area contributed by atoms with Crippen molar-refractivity contribution in [1.82, 2.24) is 15.1 Å². The minimum atomic E-state index is 0.106. The molecular weight excluding hydrogens is 298 g/mol. The molecular formula is C20H31N3O. The van der Waals surface area contributed by atoms with E-state index in [2.05, 4.69) is 45.4 Å². The summed E-state index contributed by atoms with van der Waals surface area (Å²) in [5.41, 5.74) is 1.72. The van der Waals surface area contributed by atoms with E-state index in [4.69, 9.17) is 0 Å². The molecule has 3 rings (SSSR count). The second-order valence-corrected chi connectivity index (χ2v) is 7.65. The van der Waals surface area contributed by atoms with Gasteiger partial charge in [-0.2, -0.15) is 0 Å². The van der Waals surface area contributed by atoms with Gasteiger partial charge >= 0.3 is 0 Å². The molecule has 1 aliphatic heterocycles. The Morgan fingerprint density at radius 1 is 1.04 bits per heavy atom. The molecule has 1 aromatic carbocycles. The number of carbonyl (C=O) groups excluding carboxylic acids is 1. The van der Waals surface area contributed by atoms with Crippen molar-refractivity contribution < 1.29 is 4.79 Å². The van der Waals surface area contributed by atoms with Crippen molar-refractivity contribution in [3.05, 3.63) is 35.9 Å². The summed E-state index contributed by atoms with van der Waals surface area (Å²) in [6.07, 6.45) is 5.15. The van der Waals surface area contributed by atoms with Crippen LogP contribution in [0.4, 0.5) is 0 Å². The molecule has 1 aliphatic carbocycles. The molecule has 0 aromatic heterocycles. The van der Waals surface area contributed by atoms with Gasteiger partial charge < -0.3 is 10.2 Å². The molecule has 0 spiro atoms. The predicted octanol–water partition coefficient (Wildman–Crippen LogP) is 2.50. The second kappa shape index (κ2) is 8.13. The molecule has 0 radical (unpaired) electrons. The summed E-state index contributed by atoms with van der Waals surface area (Å²) in [5, 5.41) is 3.08. The normalized spacial score (nSPS) is 21.7. The Hall–Kier alpha value is -1.39. The fourth-order valence-corrected chi connectivity index (χ4v) is 4.25. The summed E-state index contributed by atoms with van der Waals surface area (Å²) < 4.78 is 0. The van der Waals surface area contributed by atoms with Gasteiger partial charge in [-0.05, 0) is 18.4 Å². The van der Waals surface area contributed by atoms with Crippen molar-refractivity contribution in [1.29, 1.82) is 0 Å². The van der Waals surface area contributed by atoms with E-state index in [1.165, 1.54) is 31.2 Å². The van der Waals surface area contributed by atoms with E-state index in [0.717, 1.165) is 45.8 Å². The molecule has 0 atom stereocenters. The van der Waals surface area contributed by atoms with Crippen molar-refractivity contribution >= 4 is 5.91 Å². The smallest absolute Gasteiger partial charge is 0.216 e. The lowest BCUT2D eigenvalue weighted by molar-refractivity contribution is -0.119. The van der Waals surface area contributed by atoms with Crippen molar-refractivity contribution in [2.24, 2.45) is 5.41 Å². The van der Waals surface area contributed by atoms with Crippen LogP contribution in [0.15, 0.2) is 30.3 Å². The van der Waals surface area contributed by atoms with Crippen molar-refractivity contribution in [2.45, 2.75) is 39.2 Å². The first kappa shape index (κ1) is 17.4. The zero-order valence-electron chi connectivity index (χ0n) is 15.0. The average molecular weight is 329 g/mol. The lowest BCUT2D eigenvalue weighted by Crippen LogP contribution is -2.51. The number of hydrogen-bond donors (Lipinski definition) is 1. The van der Waals surface area contributed by atoms with Crippen molar-refractivity contribution in [3.63, 3.8) is 0 Å². The van der Waals surface area contributed by atoms with E-state index in [9.17, 15) is 4.79 Å². The maximum Gasteiger partial charge on any atom is 0.216 e. The Labute approximate surface area is 146 Å². The minimum Gasteiger partial charge on any atom is -0.356 e. The number of benzene rings is 1. The van der Waals surface area contributed by atoms with E-state index in [1.807, 2.05) is 0 Å². The summed E-state index contributed by atoms with van der Waals surface area (Å²) in [6.45, 7) is 9.27. The van der Waals surface area contributed by atoms with Crippen LogP contribution in [-0.4, -0.2) is 55.0 Å². The minimum absolute atomic E-state index is 0.106. The molecule has 1 saturated carbocycles. The number of hydrogen-bond acceptors (Lipinski definition) is 3. The Bertz CT molecular complexity index is 517. The largest absolute Gasteiger partial charge is 0.356 e. The highest BCUT2D eigenvalue weighted by molar-refractivity contribution is 5.72. The molecule has 0 bridgehead atoms. The van der Waals surface area contributed by atoms with Crippen LogP contribution < -0.4 is 5.32 Å². The molecule has 24 heavy (non-hydrogen) atoms. The van der Waals surface area contributed by atoms with Gasteiger partial charge in [0.2, 0.25) is 5.91 Å². The number of nitrogens with one attached hydrogen (secondary N) is 1. The summed E-state index contributed by atoms with van der Waals surface area (Å²) in [6, 6.07) is 10.8. The highest BCUT2D eigenvalue weighted by atomic mass is 16.1. The van der Waals surface area contributed by atoms with E-state index < -0.39 is 0 Å². The summed E-state index contributed by atoms with van der Waals surface area (Å²) in [5.74, 6) is 0.106. The standard InChI is InChI=1S/C20H31N3O/c1-18(24)21-16-20(9-5-6-10-20)17-23-13-11-22(12-14-23)15-19-7-3-2-4-8-19/h2-4,7-8H,5-6,9-17H2,1H3,(H,21,24). The van der Waals surface area contributed by atoms with Gasteiger partial charge in [0.15, 0.2) is 0 Å². The van der Waals surface area contributed by atoms with Crippen molar-refractivity contribution in [2.75, 3.05) is 39.3 Å². The Morgan fingerprint density at radius 3 is 2.29 bits per heavy atom. The van der Waals surface area contributed by atoms with Gasteiger partial charge in [-0.15, -0.1) is 0 Å². The Morgan fingerprint density at radius 2 is 1.67 bits per heavy atom. The maximum absolute atomic E-state index is 11.3. The number of amides is 1. The Balaban J connectivity index is 1.48. The maximum atomic E-state index is 11.3. The second-order valence-electron chi connectivity index (χ2n) is 7.65. The first-order chi connectivity index (χ1) is 11.7. The van der Waals surface area contributed by atoms with Crippen LogP contribution >= 0.6 is 0 Å². The van der Waals surface area contributed by atoms with Crippen LogP contribution in [0.3, 0.4) is 0 Å². The van der Waals surface area contributed by atoms with E-state index in [1.54, 1.807) is 6.92 Å². The monoisotopic (exact) mass is 329 g/mol. The number of nitrogens with zero attached hydrogens (tertiary/aromatic N) is 2. The fraction of sp³-hybridized carbons (Fsp3) is 0.650. The predicted molar refractivity (Wildman–Crippen MR) is 97.7 cm³/mol. The van der Waals surface area contributed by atoms with Gasteiger partial charge in [0.1, 0.15) is 0 Å². The third kappa shape index (κ3) is 4.81. The molecule has 1 saturated heterocycles. The summed E-state index contributed by atoms with van der Waals surface area (Å²) in [4.78, 5) is 16.5. The highest BCUT2D eigenvalue weighted by Crippen LogP contribution is 2.38. The van der Waals surface area contributed by atoms with Gasteiger partial charge in [0, 0.05) is 58.2 Å². The summed E-state index contributed by atoms with van der Waals surface area (Å²) in [7, 11) is 0.